The molecule has 7 heteroatoms. The van der Waals surface area contributed by atoms with Crippen molar-refractivity contribution < 1.29 is 19.8 Å². The molecule has 0 spiro atoms. The van der Waals surface area contributed by atoms with E-state index in [0.717, 1.165) is 38.6 Å². The van der Waals surface area contributed by atoms with Gasteiger partial charge in [0.05, 0.1) is 5.92 Å². The number of likely N-dealkylation sites (N-methyl/N-ethyl adjacent to an activating group) is 1. The van der Waals surface area contributed by atoms with E-state index in [1.54, 1.807) is 0 Å². The van der Waals surface area contributed by atoms with E-state index in [9.17, 15) is 9.59 Å². The summed E-state index contributed by atoms with van der Waals surface area (Å²) in [7, 11) is 2.23. The number of nitrogens with zero attached hydrogens (tertiary/aromatic N) is 2. The first-order valence-electron chi connectivity index (χ1n) is 13.2. The van der Waals surface area contributed by atoms with Gasteiger partial charge in [-0.2, -0.15) is 0 Å². The molecular weight excluding hydrogens is 442 g/mol. The molecule has 1 aromatic carbocycles. The standard InChI is InChI=1S/C25H35N3O.C3H6O3/c1-4-16(2)28-15-17-13-23-21(20-10-7-11-22(28)24(17)20)12-18(14-27(23)3)25(29)26-19-8-5-6-9-19;1-2(4)3(5)6/h7,10-11,15-16,18-19,21,23H,4-6,8-9,12-14H2,1-3H3,(H,26,29);2,4H,1H3,(H,5,6)/t16?,18-,21?,23-;/m1./s1. The Hall–Kier alpha value is -2.38. The number of rotatable bonds is 5. The Bertz CT molecular complexity index is 1060. The number of aliphatic hydroxyl groups is 1. The van der Waals surface area contributed by atoms with E-state index in [1.807, 2.05) is 0 Å². The van der Waals surface area contributed by atoms with Crippen molar-refractivity contribution >= 4 is 22.8 Å². The van der Waals surface area contributed by atoms with Gasteiger partial charge in [-0.25, -0.2) is 4.79 Å². The molecular formula is C28H41N3O4. The van der Waals surface area contributed by atoms with Gasteiger partial charge in [-0.15, -0.1) is 0 Å². The summed E-state index contributed by atoms with van der Waals surface area (Å²) in [5.41, 5.74) is 4.35. The van der Waals surface area contributed by atoms with Gasteiger partial charge in [-0.3, -0.25) is 4.79 Å². The molecule has 0 bridgehead atoms. The van der Waals surface area contributed by atoms with Crippen molar-refractivity contribution in [1.82, 2.24) is 14.8 Å². The number of carboxylic acids is 1. The average molecular weight is 484 g/mol. The summed E-state index contributed by atoms with van der Waals surface area (Å²) in [4.78, 5) is 25.0. The van der Waals surface area contributed by atoms with Crippen molar-refractivity contribution in [3.05, 3.63) is 35.5 Å². The van der Waals surface area contributed by atoms with E-state index < -0.39 is 12.1 Å². The average Bonchev–Trinajstić information content (AvgIpc) is 3.48. The van der Waals surface area contributed by atoms with Gasteiger partial charge in [0.2, 0.25) is 5.91 Å². The summed E-state index contributed by atoms with van der Waals surface area (Å²) in [6, 6.07) is 8.28. The molecule has 1 saturated carbocycles. The topological polar surface area (TPSA) is 94.8 Å². The number of carbonyl (C=O) groups is 2. The largest absolute Gasteiger partial charge is 0.479 e. The zero-order valence-electron chi connectivity index (χ0n) is 21.5. The highest BCUT2D eigenvalue weighted by Gasteiger charge is 2.42. The normalized spacial score (nSPS) is 25.9. The third-order valence-corrected chi connectivity index (χ3v) is 8.37. The second-order valence-corrected chi connectivity index (χ2v) is 10.8. The van der Waals surface area contributed by atoms with E-state index in [1.165, 1.54) is 41.8 Å². The van der Waals surface area contributed by atoms with Crippen LogP contribution < -0.4 is 5.32 Å². The number of nitrogens with one attached hydrogen (secondary N) is 1. The number of hydrogen-bond donors (Lipinski definition) is 3. The second kappa shape index (κ2) is 10.7. The number of hydrogen-bond acceptors (Lipinski definition) is 4. The van der Waals surface area contributed by atoms with Crippen molar-refractivity contribution in [1.29, 1.82) is 0 Å². The molecule has 3 unspecified atom stereocenters. The maximum atomic E-state index is 13.1. The molecule has 1 amide bonds. The molecule has 3 aliphatic rings. The highest BCUT2D eigenvalue weighted by atomic mass is 16.4. The van der Waals surface area contributed by atoms with Crippen molar-refractivity contribution in [3.63, 3.8) is 0 Å². The first-order chi connectivity index (χ1) is 16.7. The van der Waals surface area contributed by atoms with E-state index in [4.69, 9.17) is 10.2 Å². The maximum Gasteiger partial charge on any atom is 0.332 e. The molecule has 1 aliphatic heterocycles. The molecule has 192 valence electrons. The Labute approximate surface area is 208 Å². The van der Waals surface area contributed by atoms with Gasteiger partial charge < -0.3 is 25.0 Å². The number of benzene rings is 1. The van der Waals surface area contributed by atoms with E-state index >= 15 is 0 Å². The Balaban J connectivity index is 0.000000431. The fourth-order valence-corrected chi connectivity index (χ4v) is 6.21. The summed E-state index contributed by atoms with van der Waals surface area (Å²) < 4.78 is 2.48. The lowest BCUT2D eigenvalue weighted by Crippen LogP contribution is -2.52. The molecule has 0 radical (unpaired) electrons. The Morgan fingerprint density at radius 3 is 2.51 bits per heavy atom. The van der Waals surface area contributed by atoms with Crippen molar-refractivity contribution in [2.45, 2.75) is 95.9 Å². The number of aromatic nitrogens is 1. The minimum absolute atomic E-state index is 0.107. The molecule has 1 aromatic heterocycles. The molecule has 2 aromatic rings. The number of piperidine rings is 1. The summed E-state index contributed by atoms with van der Waals surface area (Å²) in [5.74, 6) is -0.334. The second-order valence-electron chi connectivity index (χ2n) is 10.8. The first-order valence-corrected chi connectivity index (χ1v) is 13.2. The Morgan fingerprint density at radius 1 is 1.20 bits per heavy atom. The van der Waals surface area contributed by atoms with Crippen molar-refractivity contribution in [2.75, 3.05) is 13.6 Å². The van der Waals surface area contributed by atoms with E-state index in [0.29, 0.717) is 24.0 Å². The van der Waals surface area contributed by atoms with Crippen LogP contribution in [0.1, 0.15) is 82.4 Å². The third kappa shape index (κ3) is 5.26. The zero-order chi connectivity index (χ0) is 25.3. The van der Waals surface area contributed by atoms with Gasteiger partial charge in [0.25, 0.3) is 0 Å². The van der Waals surface area contributed by atoms with Crippen LogP contribution in [0.25, 0.3) is 10.9 Å². The minimum Gasteiger partial charge on any atom is -0.479 e. The van der Waals surface area contributed by atoms with Gasteiger partial charge in [0.1, 0.15) is 6.10 Å². The number of fused-ring (bicyclic) bond motifs is 2. The van der Waals surface area contributed by atoms with Crippen LogP contribution in [-0.2, 0) is 16.0 Å². The molecule has 2 fully saturated rings. The molecule has 7 nitrogen and oxygen atoms in total. The molecule has 2 heterocycles. The molecule has 35 heavy (non-hydrogen) atoms. The van der Waals surface area contributed by atoms with Crippen molar-refractivity contribution in [2.24, 2.45) is 5.92 Å². The predicted molar refractivity (Wildman–Crippen MR) is 138 cm³/mol. The molecule has 2 aliphatic carbocycles. The SMILES string of the molecule is CC(O)C(=O)O.CCC(C)n1cc2c3c(cccc31)C1C[C@@H](C(=O)NC3CCCC3)CN(C)[C@@H]1C2. The number of likely N-dealkylation sites (tertiary alicyclic amines) is 1. The van der Waals surface area contributed by atoms with Gasteiger partial charge in [0, 0.05) is 47.7 Å². The Kier molecular flexibility index (Phi) is 7.86. The highest BCUT2D eigenvalue weighted by Crippen LogP contribution is 2.45. The van der Waals surface area contributed by atoms with Gasteiger partial charge in [0.15, 0.2) is 0 Å². The summed E-state index contributed by atoms with van der Waals surface area (Å²) >= 11 is 0. The molecule has 5 atom stereocenters. The lowest BCUT2D eigenvalue weighted by Gasteiger charge is -2.45. The number of carbonyl (C=O) groups excluding carboxylic acids is 1. The van der Waals surface area contributed by atoms with Gasteiger partial charge >= 0.3 is 5.97 Å². The smallest absolute Gasteiger partial charge is 0.332 e. The summed E-state index contributed by atoms with van der Waals surface area (Å²) in [5, 5.41) is 20.6. The lowest BCUT2D eigenvalue weighted by molar-refractivity contribution is -0.145. The van der Waals surface area contributed by atoms with Crippen LogP contribution in [-0.4, -0.2) is 63.3 Å². The number of carboxylic acid groups (broad SMARTS) is 1. The van der Waals surface area contributed by atoms with Crippen LogP contribution in [0.2, 0.25) is 0 Å². The quantitative estimate of drug-likeness (QED) is 0.596. The highest BCUT2D eigenvalue weighted by molar-refractivity contribution is 5.89. The van der Waals surface area contributed by atoms with Crippen molar-refractivity contribution in [3.8, 4) is 0 Å². The van der Waals surface area contributed by atoms with Gasteiger partial charge in [-0.05, 0) is 70.2 Å². The summed E-state index contributed by atoms with van der Waals surface area (Å²) in [6.45, 7) is 6.66. The first kappa shape index (κ1) is 25.7. The Morgan fingerprint density at radius 2 is 1.89 bits per heavy atom. The van der Waals surface area contributed by atoms with Crippen LogP contribution >= 0.6 is 0 Å². The maximum absolute atomic E-state index is 13.1. The predicted octanol–water partition coefficient (Wildman–Crippen LogP) is 4.08. The van der Waals surface area contributed by atoms with Crippen LogP contribution in [0.4, 0.5) is 0 Å². The molecule has 1 saturated heterocycles. The zero-order valence-corrected chi connectivity index (χ0v) is 21.5. The van der Waals surface area contributed by atoms with Gasteiger partial charge in [-0.1, -0.05) is 31.9 Å². The third-order valence-electron chi connectivity index (χ3n) is 8.37. The van der Waals surface area contributed by atoms with E-state index in [-0.39, 0.29) is 11.8 Å². The molecule has 5 rings (SSSR count). The van der Waals surface area contributed by atoms with Crippen LogP contribution in [0.15, 0.2) is 24.4 Å². The summed E-state index contributed by atoms with van der Waals surface area (Å²) in [6.07, 6.45) is 9.25. The molecule has 3 N–H and O–H groups in total. The van der Waals surface area contributed by atoms with Crippen LogP contribution in [0.5, 0.6) is 0 Å². The fourth-order valence-electron chi connectivity index (χ4n) is 6.21. The van der Waals surface area contributed by atoms with Crippen LogP contribution in [0, 0.1) is 5.92 Å². The number of amides is 1. The monoisotopic (exact) mass is 483 g/mol. The minimum atomic E-state index is -1.23. The lowest BCUT2D eigenvalue weighted by atomic mass is 9.72. The number of aliphatic hydroxyl groups excluding tert-OH is 1. The number of aliphatic carboxylic acids is 1. The van der Waals surface area contributed by atoms with Crippen LogP contribution in [0.3, 0.4) is 0 Å². The fraction of sp³-hybridized carbons (Fsp3) is 0.643. The van der Waals surface area contributed by atoms with E-state index in [2.05, 4.69) is 60.1 Å².